The minimum atomic E-state index is -1.96. The van der Waals surface area contributed by atoms with Crippen molar-refractivity contribution in [2.75, 3.05) is 0 Å². The van der Waals surface area contributed by atoms with E-state index in [1.807, 2.05) is 11.4 Å². The molecular weight excluding hydrogens is 440 g/mol. The Morgan fingerprint density at radius 1 is 1.14 bits per heavy atom. The van der Waals surface area contributed by atoms with Crippen molar-refractivity contribution in [3.05, 3.63) is 56.7 Å². The molecule has 0 saturated carbocycles. The summed E-state index contributed by atoms with van der Waals surface area (Å²) < 4.78 is 12.8. The van der Waals surface area contributed by atoms with Gasteiger partial charge in [-0.15, -0.1) is 11.3 Å². The van der Waals surface area contributed by atoms with Crippen LogP contribution in [0.3, 0.4) is 0 Å². The highest BCUT2D eigenvalue weighted by molar-refractivity contribution is 9.10. The van der Waals surface area contributed by atoms with E-state index in [0.717, 1.165) is 4.47 Å². The summed E-state index contributed by atoms with van der Waals surface area (Å²) in [6, 6.07) is 17.0. The van der Waals surface area contributed by atoms with Crippen LogP contribution >= 0.6 is 27.3 Å². The fraction of sp³-hybridized carbons (Fsp3) is 0.300. The molecule has 2 saturated heterocycles. The Balaban J connectivity index is 2.05. The molecular formula is C20H13BrN4O2S. The molecule has 2 bridgehead atoms. The van der Waals surface area contributed by atoms with E-state index >= 15 is 0 Å². The lowest BCUT2D eigenvalue weighted by Gasteiger charge is -2.48. The van der Waals surface area contributed by atoms with Crippen molar-refractivity contribution in [3.8, 4) is 18.2 Å². The first-order chi connectivity index (χ1) is 13.4. The first-order valence-corrected chi connectivity index (χ1v) is 10.0. The van der Waals surface area contributed by atoms with Gasteiger partial charge in [-0.25, -0.2) is 0 Å². The average molecular weight is 453 g/mol. The zero-order chi connectivity index (χ0) is 20.2. The van der Waals surface area contributed by atoms with Gasteiger partial charge >= 0.3 is 0 Å². The van der Waals surface area contributed by atoms with Gasteiger partial charge in [0.15, 0.2) is 5.41 Å². The monoisotopic (exact) mass is 452 g/mol. The molecule has 4 atom stereocenters. The maximum atomic E-state index is 10.3. The third kappa shape index (κ3) is 2.10. The van der Waals surface area contributed by atoms with Crippen molar-refractivity contribution in [1.29, 1.82) is 21.2 Å². The van der Waals surface area contributed by atoms with Gasteiger partial charge in [-0.3, -0.25) is 5.41 Å². The zero-order valence-electron chi connectivity index (χ0n) is 14.6. The van der Waals surface area contributed by atoms with Gasteiger partial charge in [0.05, 0.1) is 24.1 Å². The molecule has 3 heterocycles. The van der Waals surface area contributed by atoms with E-state index in [-0.39, 0.29) is 0 Å². The van der Waals surface area contributed by atoms with Crippen LogP contribution in [0.15, 0.2) is 46.3 Å². The summed E-state index contributed by atoms with van der Waals surface area (Å²) in [4.78, 5) is 0.616. The van der Waals surface area contributed by atoms with E-state index in [1.54, 1.807) is 37.3 Å². The normalized spacial score (nSPS) is 32.6. The lowest BCUT2D eigenvalue weighted by Crippen LogP contribution is -2.57. The van der Waals surface area contributed by atoms with Crippen LogP contribution in [-0.2, 0) is 9.47 Å². The average Bonchev–Trinajstić information content (AvgIpc) is 3.20. The highest BCUT2D eigenvalue weighted by Gasteiger charge is 2.79. The third-order valence-electron chi connectivity index (χ3n) is 5.50. The second-order valence-electron chi connectivity index (χ2n) is 6.91. The van der Waals surface area contributed by atoms with Gasteiger partial charge < -0.3 is 9.47 Å². The highest BCUT2D eigenvalue weighted by atomic mass is 79.9. The molecule has 2 aliphatic rings. The third-order valence-corrected chi connectivity index (χ3v) is 7.23. The summed E-state index contributed by atoms with van der Waals surface area (Å²) in [5, 5.41) is 41.1. The van der Waals surface area contributed by atoms with Crippen molar-refractivity contribution in [2.45, 2.75) is 24.7 Å². The highest BCUT2D eigenvalue weighted by Crippen LogP contribution is 2.69. The first-order valence-electron chi connectivity index (χ1n) is 8.37. The molecule has 2 aliphatic heterocycles. The fourth-order valence-electron chi connectivity index (χ4n) is 4.35. The molecule has 4 rings (SSSR count). The molecule has 1 aromatic carbocycles. The van der Waals surface area contributed by atoms with Crippen molar-refractivity contribution in [3.63, 3.8) is 0 Å². The van der Waals surface area contributed by atoms with Crippen LogP contribution in [0.2, 0.25) is 0 Å². The number of nitrogens with zero attached hydrogens (tertiary/aromatic N) is 3. The zero-order valence-corrected chi connectivity index (χ0v) is 17.0. The molecule has 138 valence electrons. The van der Waals surface area contributed by atoms with E-state index in [0.29, 0.717) is 10.4 Å². The summed E-state index contributed by atoms with van der Waals surface area (Å²) in [5.74, 6) is -2.59. The predicted octanol–water partition coefficient (Wildman–Crippen LogP) is 4.63. The Kier molecular flexibility index (Phi) is 4.10. The van der Waals surface area contributed by atoms with Crippen molar-refractivity contribution >= 4 is 33.2 Å². The van der Waals surface area contributed by atoms with Gasteiger partial charge in [-0.05, 0) is 27.6 Å². The lowest BCUT2D eigenvalue weighted by molar-refractivity contribution is -0.252. The van der Waals surface area contributed by atoms with Gasteiger partial charge in [-0.1, -0.05) is 30.3 Å². The van der Waals surface area contributed by atoms with Crippen LogP contribution in [0, 0.1) is 50.2 Å². The molecule has 28 heavy (non-hydrogen) atoms. The second-order valence-corrected chi connectivity index (χ2v) is 8.77. The number of nitrogens with one attached hydrogen (secondary N) is 1. The van der Waals surface area contributed by atoms with Gasteiger partial charge in [0.1, 0.15) is 6.10 Å². The standard InChI is InChI=1S/C20H13BrN4O2S/c1-18-15(12-5-3-2-4-6-12)20(11-24,17(25)27-18)19(9-22,10-23)16(26-18)14-7-13(21)8-28-14/h2-8,15-16,25H,1H3. The van der Waals surface area contributed by atoms with Crippen molar-refractivity contribution < 1.29 is 9.47 Å². The minimum absolute atomic E-state index is 0.410. The Bertz CT molecular complexity index is 1080. The fourth-order valence-corrected chi connectivity index (χ4v) is 5.89. The molecule has 2 fully saturated rings. The molecule has 4 unspecified atom stereocenters. The number of ether oxygens (including phenoxy) is 2. The summed E-state index contributed by atoms with van der Waals surface area (Å²) in [6.45, 7) is 1.66. The summed E-state index contributed by atoms with van der Waals surface area (Å²) in [5.41, 5.74) is -3.10. The molecule has 1 N–H and O–H groups in total. The molecule has 8 heteroatoms. The second kappa shape index (κ2) is 6.15. The largest absolute Gasteiger partial charge is 0.447 e. The van der Waals surface area contributed by atoms with Gasteiger partial charge in [0, 0.05) is 21.7 Å². The topological polar surface area (TPSA) is 114 Å². The molecule has 1 aromatic heterocycles. The molecule has 0 amide bonds. The number of fused-ring (bicyclic) bond motifs is 2. The Hall–Kier alpha value is -2.70. The van der Waals surface area contributed by atoms with Crippen LogP contribution < -0.4 is 0 Å². The maximum absolute atomic E-state index is 10.3. The van der Waals surface area contributed by atoms with Crippen LogP contribution in [-0.4, -0.2) is 11.7 Å². The number of hydrogen-bond donors (Lipinski definition) is 1. The number of halogens is 1. The molecule has 6 nitrogen and oxygen atoms in total. The lowest BCUT2D eigenvalue weighted by atomic mass is 9.53. The van der Waals surface area contributed by atoms with Gasteiger partial charge in [0.2, 0.25) is 17.1 Å². The maximum Gasteiger partial charge on any atom is 0.218 e. The number of nitriles is 3. The number of rotatable bonds is 2. The molecule has 2 aromatic rings. The van der Waals surface area contributed by atoms with Gasteiger partial charge in [-0.2, -0.15) is 15.8 Å². The molecule has 0 aliphatic carbocycles. The van der Waals surface area contributed by atoms with E-state index in [4.69, 9.17) is 14.9 Å². The van der Waals surface area contributed by atoms with Crippen LogP contribution in [0.25, 0.3) is 0 Å². The summed E-state index contributed by atoms with van der Waals surface area (Å²) >= 11 is 4.70. The van der Waals surface area contributed by atoms with Gasteiger partial charge in [0.25, 0.3) is 0 Å². The smallest absolute Gasteiger partial charge is 0.218 e. The SMILES string of the molecule is CC12OC(=N)C(C#N)(C1c1ccccc1)C(C#N)(C#N)C(c1cc(Br)cs1)O2. The Morgan fingerprint density at radius 2 is 1.82 bits per heavy atom. The van der Waals surface area contributed by atoms with Crippen molar-refractivity contribution in [2.24, 2.45) is 10.8 Å². The van der Waals surface area contributed by atoms with E-state index < -0.39 is 34.5 Å². The Labute approximate surface area is 174 Å². The molecule has 0 spiro atoms. The predicted molar refractivity (Wildman–Crippen MR) is 104 cm³/mol. The first kappa shape index (κ1) is 18.7. The quantitative estimate of drug-likeness (QED) is 0.712. The van der Waals surface area contributed by atoms with Crippen LogP contribution in [0.4, 0.5) is 0 Å². The van der Waals surface area contributed by atoms with E-state index in [1.165, 1.54) is 11.3 Å². The summed E-state index contributed by atoms with van der Waals surface area (Å²) in [7, 11) is 0. The van der Waals surface area contributed by atoms with Crippen LogP contribution in [0.1, 0.15) is 29.4 Å². The van der Waals surface area contributed by atoms with E-state index in [9.17, 15) is 15.8 Å². The Morgan fingerprint density at radius 3 is 2.36 bits per heavy atom. The van der Waals surface area contributed by atoms with Crippen molar-refractivity contribution in [1.82, 2.24) is 0 Å². The number of benzene rings is 1. The molecule has 0 radical (unpaired) electrons. The number of thiophene rings is 1. The number of hydrogen-bond acceptors (Lipinski definition) is 7. The van der Waals surface area contributed by atoms with Crippen LogP contribution in [0.5, 0.6) is 0 Å². The minimum Gasteiger partial charge on any atom is -0.447 e. The summed E-state index contributed by atoms with van der Waals surface area (Å²) in [6.07, 6.45) is -1.04. The van der Waals surface area contributed by atoms with E-state index in [2.05, 4.69) is 34.1 Å².